The summed E-state index contributed by atoms with van der Waals surface area (Å²) in [6.07, 6.45) is 3.75. The van der Waals surface area contributed by atoms with Gasteiger partial charge in [0, 0.05) is 38.6 Å². The van der Waals surface area contributed by atoms with Crippen molar-refractivity contribution in [2.75, 3.05) is 45.9 Å². The number of ether oxygens (including phenoxy) is 1. The van der Waals surface area contributed by atoms with Gasteiger partial charge in [-0.25, -0.2) is 0 Å². The topological polar surface area (TPSA) is 61.8 Å². The number of morpholine rings is 1. The molecule has 2 N–H and O–H groups in total. The molecule has 1 fully saturated rings. The van der Waals surface area contributed by atoms with E-state index in [0.717, 1.165) is 45.4 Å². The highest BCUT2D eigenvalue weighted by molar-refractivity contribution is 5.79. The Morgan fingerprint density at radius 1 is 1.32 bits per heavy atom. The van der Waals surface area contributed by atoms with Gasteiger partial charge in [0.05, 0.1) is 25.8 Å². The van der Waals surface area contributed by atoms with Gasteiger partial charge in [0.15, 0.2) is 5.96 Å². The Balaban J connectivity index is 2.11. The van der Waals surface area contributed by atoms with E-state index in [4.69, 9.17) is 9.73 Å². The maximum absolute atomic E-state index is 5.47. The first-order valence-electron chi connectivity index (χ1n) is 8.09. The SMILES string of the molecule is CCNC(=NC[C@H](c1cccnc1)N1CCOCC1)NCC. The molecule has 0 saturated carbocycles. The molecule has 0 unspecified atom stereocenters. The van der Waals surface area contributed by atoms with Crippen LogP contribution in [0.1, 0.15) is 25.5 Å². The molecule has 6 heteroatoms. The first-order valence-corrected chi connectivity index (χ1v) is 8.09. The molecule has 0 bridgehead atoms. The van der Waals surface area contributed by atoms with Gasteiger partial charge in [0.25, 0.3) is 0 Å². The van der Waals surface area contributed by atoms with Crippen molar-refractivity contribution in [3.63, 3.8) is 0 Å². The fourth-order valence-corrected chi connectivity index (χ4v) is 2.58. The summed E-state index contributed by atoms with van der Waals surface area (Å²) in [5.74, 6) is 0.868. The maximum Gasteiger partial charge on any atom is 0.191 e. The fourth-order valence-electron chi connectivity index (χ4n) is 2.58. The van der Waals surface area contributed by atoms with Crippen LogP contribution in [0.4, 0.5) is 0 Å². The Kier molecular flexibility index (Phi) is 7.12. The molecule has 1 aliphatic heterocycles. The molecular weight excluding hydrogens is 278 g/mol. The van der Waals surface area contributed by atoms with Crippen molar-refractivity contribution in [3.8, 4) is 0 Å². The van der Waals surface area contributed by atoms with E-state index in [2.05, 4.69) is 40.4 Å². The van der Waals surface area contributed by atoms with Crippen LogP contribution in [0.3, 0.4) is 0 Å². The molecule has 0 spiro atoms. The summed E-state index contributed by atoms with van der Waals surface area (Å²) in [5, 5.41) is 6.55. The lowest BCUT2D eigenvalue weighted by Crippen LogP contribution is -2.41. The van der Waals surface area contributed by atoms with Gasteiger partial charge in [-0.2, -0.15) is 0 Å². The van der Waals surface area contributed by atoms with Crippen LogP contribution < -0.4 is 10.6 Å². The van der Waals surface area contributed by atoms with Gasteiger partial charge in [0.1, 0.15) is 0 Å². The minimum atomic E-state index is 0.241. The second kappa shape index (κ2) is 9.38. The van der Waals surface area contributed by atoms with Crippen molar-refractivity contribution in [2.24, 2.45) is 4.99 Å². The number of hydrogen-bond acceptors (Lipinski definition) is 4. The highest BCUT2D eigenvalue weighted by Crippen LogP contribution is 2.21. The minimum absolute atomic E-state index is 0.241. The molecular formula is C16H27N5O. The number of nitrogens with one attached hydrogen (secondary N) is 2. The van der Waals surface area contributed by atoms with Crippen molar-refractivity contribution in [1.82, 2.24) is 20.5 Å². The van der Waals surface area contributed by atoms with Crippen molar-refractivity contribution in [2.45, 2.75) is 19.9 Å². The number of aliphatic imine (C=N–C) groups is 1. The van der Waals surface area contributed by atoms with Gasteiger partial charge in [-0.1, -0.05) is 6.07 Å². The van der Waals surface area contributed by atoms with E-state index in [1.165, 1.54) is 5.56 Å². The van der Waals surface area contributed by atoms with Gasteiger partial charge in [-0.05, 0) is 25.5 Å². The largest absolute Gasteiger partial charge is 0.379 e. The third-order valence-corrected chi connectivity index (χ3v) is 3.67. The zero-order chi connectivity index (χ0) is 15.6. The van der Waals surface area contributed by atoms with E-state index in [1.807, 2.05) is 18.5 Å². The average molecular weight is 305 g/mol. The van der Waals surface area contributed by atoms with Crippen molar-refractivity contribution in [1.29, 1.82) is 0 Å². The van der Waals surface area contributed by atoms with E-state index in [1.54, 1.807) is 0 Å². The van der Waals surface area contributed by atoms with Crippen molar-refractivity contribution >= 4 is 5.96 Å². The molecule has 1 aliphatic rings. The van der Waals surface area contributed by atoms with Crippen LogP contribution >= 0.6 is 0 Å². The number of pyridine rings is 1. The van der Waals surface area contributed by atoms with Crippen LogP contribution in [0.25, 0.3) is 0 Å². The maximum atomic E-state index is 5.47. The van der Waals surface area contributed by atoms with Gasteiger partial charge >= 0.3 is 0 Å². The molecule has 0 aliphatic carbocycles. The molecule has 0 radical (unpaired) electrons. The lowest BCUT2D eigenvalue weighted by molar-refractivity contribution is 0.0179. The first-order chi connectivity index (χ1) is 10.8. The van der Waals surface area contributed by atoms with E-state index in [-0.39, 0.29) is 6.04 Å². The smallest absolute Gasteiger partial charge is 0.191 e. The van der Waals surface area contributed by atoms with E-state index in [0.29, 0.717) is 6.54 Å². The highest BCUT2D eigenvalue weighted by Gasteiger charge is 2.22. The van der Waals surface area contributed by atoms with E-state index < -0.39 is 0 Å². The molecule has 6 nitrogen and oxygen atoms in total. The molecule has 1 aromatic rings. The Morgan fingerprint density at radius 3 is 2.64 bits per heavy atom. The molecule has 122 valence electrons. The molecule has 1 saturated heterocycles. The van der Waals surface area contributed by atoms with Gasteiger partial charge in [-0.15, -0.1) is 0 Å². The van der Waals surface area contributed by atoms with Gasteiger partial charge in [-0.3, -0.25) is 14.9 Å². The summed E-state index contributed by atoms with van der Waals surface area (Å²) in [4.78, 5) is 11.4. The lowest BCUT2D eigenvalue weighted by Gasteiger charge is -2.33. The van der Waals surface area contributed by atoms with Crippen molar-refractivity contribution < 1.29 is 4.74 Å². The van der Waals surface area contributed by atoms with E-state index in [9.17, 15) is 0 Å². The van der Waals surface area contributed by atoms with E-state index >= 15 is 0 Å². The van der Waals surface area contributed by atoms with Crippen LogP contribution in [0.5, 0.6) is 0 Å². The monoisotopic (exact) mass is 305 g/mol. The van der Waals surface area contributed by atoms with Crippen LogP contribution in [0, 0.1) is 0 Å². The highest BCUT2D eigenvalue weighted by atomic mass is 16.5. The van der Waals surface area contributed by atoms with Gasteiger partial charge < -0.3 is 15.4 Å². The summed E-state index contributed by atoms with van der Waals surface area (Å²) in [7, 11) is 0. The first kappa shape index (κ1) is 16.7. The predicted molar refractivity (Wildman–Crippen MR) is 89.0 cm³/mol. The number of aromatic nitrogens is 1. The second-order valence-corrected chi connectivity index (χ2v) is 5.20. The zero-order valence-corrected chi connectivity index (χ0v) is 13.6. The quantitative estimate of drug-likeness (QED) is 0.607. The molecule has 2 heterocycles. The average Bonchev–Trinajstić information content (AvgIpc) is 2.57. The fraction of sp³-hybridized carbons (Fsp3) is 0.625. The summed E-state index contributed by atoms with van der Waals surface area (Å²) in [6.45, 7) is 10.0. The Bertz CT molecular complexity index is 437. The number of rotatable bonds is 6. The molecule has 2 rings (SSSR count). The number of nitrogens with zero attached hydrogens (tertiary/aromatic N) is 3. The van der Waals surface area contributed by atoms with Crippen LogP contribution in [-0.2, 0) is 4.74 Å². The number of guanidine groups is 1. The predicted octanol–water partition coefficient (Wildman–Crippen LogP) is 1.03. The Hall–Kier alpha value is -1.66. The molecule has 0 amide bonds. The minimum Gasteiger partial charge on any atom is -0.379 e. The molecule has 0 aromatic carbocycles. The molecule has 1 aromatic heterocycles. The van der Waals surface area contributed by atoms with Crippen LogP contribution in [-0.4, -0.2) is 61.8 Å². The van der Waals surface area contributed by atoms with Gasteiger partial charge in [0.2, 0.25) is 0 Å². The zero-order valence-electron chi connectivity index (χ0n) is 13.6. The summed E-state index contributed by atoms with van der Waals surface area (Å²) in [6, 6.07) is 4.36. The Labute approximate surface area is 133 Å². The second-order valence-electron chi connectivity index (χ2n) is 5.20. The van der Waals surface area contributed by atoms with Crippen LogP contribution in [0.2, 0.25) is 0 Å². The summed E-state index contributed by atoms with van der Waals surface area (Å²) < 4.78 is 5.47. The van der Waals surface area contributed by atoms with Crippen LogP contribution in [0.15, 0.2) is 29.5 Å². The lowest BCUT2D eigenvalue weighted by atomic mass is 10.1. The summed E-state index contributed by atoms with van der Waals surface area (Å²) >= 11 is 0. The Morgan fingerprint density at radius 2 is 2.05 bits per heavy atom. The molecule has 1 atom stereocenters. The third-order valence-electron chi connectivity index (χ3n) is 3.67. The normalized spacial score (nSPS) is 16.8. The number of hydrogen-bond donors (Lipinski definition) is 2. The third kappa shape index (κ3) is 4.96. The molecule has 22 heavy (non-hydrogen) atoms. The van der Waals surface area contributed by atoms with Crippen molar-refractivity contribution in [3.05, 3.63) is 30.1 Å². The standard InChI is InChI=1S/C16H27N5O/c1-3-18-16(19-4-2)20-13-15(14-6-5-7-17-12-14)21-8-10-22-11-9-21/h5-7,12,15H,3-4,8-11,13H2,1-2H3,(H2,18,19,20)/t15-/m1/s1. The summed E-state index contributed by atoms with van der Waals surface area (Å²) in [5.41, 5.74) is 1.21.